The van der Waals surface area contributed by atoms with Gasteiger partial charge in [-0.05, 0) is 5.56 Å². The second-order valence-corrected chi connectivity index (χ2v) is 4.95. The van der Waals surface area contributed by atoms with E-state index in [0.29, 0.717) is 13.1 Å². The molecular formula is C14H26Cl3N3O. The molecule has 1 saturated heterocycles. The van der Waals surface area contributed by atoms with E-state index in [4.69, 9.17) is 5.73 Å². The molecule has 0 aromatic heterocycles. The number of rotatable bonds is 5. The molecule has 0 bridgehead atoms. The number of aliphatic hydroxyl groups excluding tert-OH is 1. The largest absolute Gasteiger partial charge is 0.390 e. The summed E-state index contributed by atoms with van der Waals surface area (Å²) in [6, 6.07) is 10.6. The maximum absolute atomic E-state index is 9.53. The van der Waals surface area contributed by atoms with E-state index in [2.05, 4.69) is 40.1 Å². The highest BCUT2D eigenvalue weighted by atomic mass is 35.5. The zero-order valence-electron chi connectivity index (χ0n) is 12.1. The quantitative estimate of drug-likeness (QED) is 0.835. The summed E-state index contributed by atoms with van der Waals surface area (Å²) in [7, 11) is 0. The summed E-state index contributed by atoms with van der Waals surface area (Å²) in [6.07, 6.45) is -0.384. The van der Waals surface area contributed by atoms with Gasteiger partial charge in [0.2, 0.25) is 0 Å². The molecule has 3 N–H and O–H groups in total. The molecule has 0 aliphatic carbocycles. The minimum Gasteiger partial charge on any atom is -0.390 e. The molecule has 1 heterocycles. The van der Waals surface area contributed by atoms with Crippen LogP contribution in [0, 0.1) is 0 Å². The lowest BCUT2D eigenvalue weighted by molar-refractivity contribution is 0.0739. The van der Waals surface area contributed by atoms with E-state index in [1.165, 1.54) is 5.56 Å². The molecule has 124 valence electrons. The summed E-state index contributed by atoms with van der Waals surface area (Å²) >= 11 is 0. The maximum atomic E-state index is 9.53. The lowest BCUT2D eigenvalue weighted by atomic mass is 10.2. The minimum absolute atomic E-state index is 0. The number of nitrogens with two attached hydrogens (primary N) is 1. The molecule has 1 aliphatic rings. The van der Waals surface area contributed by atoms with Crippen LogP contribution in [-0.4, -0.2) is 60.3 Å². The Morgan fingerprint density at radius 3 is 2.00 bits per heavy atom. The van der Waals surface area contributed by atoms with Crippen molar-refractivity contribution < 1.29 is 5.11 Å². The molecule has 0 radical (unpaired) electrons. The van der Waals surface area contributed by atoms with Crippen LogP contribution in [0.5, 0.6) is 0 Å². The first-order valence-electron chi connectivity index (χ1n) is 6.64. The first-order chi connectivity index (χ1) is 8.78. The monoisotopic (exact) mass is 357 g/mol. The highest BCUT2D eigenvalue weighted by Crippen LogP contribution is 2.08. The number of β-amino-alcohol motifs (C(OH)–C–C–N with tert-alkyl or cyclic N) is 1. The average molecular weight is 359 g/mol. The van der Waals surface area contributed by atoms with Crippen LogP contribution in [0.25, 0.3) is 0 Å². The molecule has 1 aliphatic heterocycles. The Balaban J connectivity index is 0. The van der Waals surface area contributed by atoms with Crippen LogP contribution in [0.15, 0.2) is 30.3 Å². The van der Waals surface area contributed by atoms with Gasteiger partial charge in [-0.25, -0.2) is 0 Å². The molecule has 0 amide bonds. The third-order valence-corrected chi connectivity index (χ3v) is 3.45. The average Bonchev–Trinajstić information content (AvgIpc) is 2.42. The summed E-state index contributed by atoms with van der Waals surface area (Å²) < 4.78 is 0. The summed E-state index contributed by atoms with van der Waals surface area (Å²) in [5.74, 6) is 0. The topological polar surface area (TPSA) is 52.7 Å². The fourth-order valence-electron chi connectivity index (χ4n) is 2.34. The van der Waals surface area contributed by atoms with Crippen LogP contribution in [0.2, 0.25) is 0 Å². The van der Waals surface area contributed by atoms with Crippen LogP contribution in [-0.2, 0) is 6.54 Å². The number of halogens is 3. The van der Waals surface area contributed by atoms with E-state index in [0.717, 1.165) is 32.7 Å². The number of piperazine rings is 1. The molecule has 1 atom stereocenters. The van der Waals surface area contributed by atoms with E-state index >= 15 is 0 Å². The van der Waals surface area contributed by atoms with Crippen molar-refractivity contribution in [1.29, 1.82) is 0 Å². The second kappa shape index (κ2) is 12.5. The summed E-state index contributed by atoms with van der Waals surface area (Å²) in [5.41, 5.74) is 6.80. The predicted octanol–water partition coefficient (Wildman–Crippen LogP) is 1.39. The second-order valence-electron chi connectivity index (χ2n) is 4.95. The number of aliphatic hydroxyl groups is 1. The molecule has 7 heteroatoms. The minimum atomic E-state index is -0.384. The third kappa shape index (κ3) is 8.21. The van der Waals surface area contributed by atoms with Gasteiger partial charge in [-0.2, -0.15) is 0 Å². The lowest BCUT2D eigenvalue weighted by Crippen LogP contribution is -2.49. The Morgan fingerprint density at radius 1 is 0.952 bits per heavy atom. The zero-order chi connectivity index (χ0) is 12.8. The fraction of sp³-hybridized carbons (Fsp3) is 0.571. The SMILES string of the molecule is Cl.Cl.Cl.NCC(O)CN1CCN(Cc2ccccc2)CC1. The van der Waals surface area contributed by atoms with Gasteiger partial charge in [-0.3, -0.25) is 9.80 Å². The highest BCUT2D eigenvalue weighted by Gasteiger charge is 2.18. The van der Waals surface area contributed by atoms with Crippen molar-refractivity contribution in [2.45, 2.75) is 12.6 Å². The Labute approximate surface area is 145 Å². The van der Waals surface area contributed by atoms with Crippen molar-refractivity contribution in [2.24, 2.45) is 5.73 Å². The highest BCUT2D eigenvalue weighted by molar-refractivity contribution is 5.86. The van der Waals surface area contributed by atoms with Gasteiger partial charge in [0, 0.05) is 45.8 Å². The van der Waals surface area contributed by atoms with E-state index in [-0.39, 0.29) is 43.3 Å². The van der Waals surface area contributed by atoms with Crippen LogP contribution in [0.4, 0.5) is 0 Å². The van der Waals surface area contributed by atoms with Gasteiger partial charge < -0.3 is 10.8 Å². The van der Waals surface area contributed by atoms with Crippen LogP contribution in [0.3, 0.4) is 0 Å². The normalized spacial score (nSPS) is 17.0. The van der Waals surface area contributed by atoms with E-state index < -0.39 is 0 Å². The van der Waals surface area contributed by atoms with Gasteiger partial charge in [0.1, 0.15) is 0 Å². The maximum Gasteiger partial charge on any atom is 0.0789 e. The van der Waals surface area contributed by atoms with Crippen LogP contribution >= 0.6 is 37.2 Å². The summed E-state index contributed by atoms with van der Waals surface area (Å²) in [4.78, 5) is 4.75. The Morgan fingerprint density at radius 2 is 1.48 bits per heavy atom. The predicted molar refractivity (Wildman–Crippen MR) is 95.0 cm³/mol. The first-order valence-corrected chi connectivity index (χ1v) is 6.64. The van der Waals surface area contributed by atoms with Crippen molar-refractivity contribution >= 4 is 37.2 Å². The van der Waals surface area contributed by atoms with Crippen molar-refractivity contribution in [2.75, 3.05) is 39.3 Å². The molecule has 1 unspecified atom stereocenters. The third-order valence-electron chi connectivity index (χ3n) is 3.45. The van der Waals surface area contributed by atoms with E-state index in [9.17, 15) is 5.11 Å². The lowest BCUT2D eigenvalue weighted by Gasteiger charge is -2.35. The number of hydrogen-bond acceptors (Lipinski definition) is 4. The van der Waals surface area contributed by atoms with Gasteiger partial charge in [-0.1, -0.05) is 30.3 Å². The van der Waals surface area contributed by atoms with Crippen molar-refractivity contribution in [3.63, 3.8) is 0 Å². The molecule has 1 aromatic carbocycles. The summed E-state index contributed by atoms with van der Waals surface area (Å²) in [6.45, 7) is 6.24. The summed E-state index contributed by atoms with van der Waals surface area (Å²) in [5, 5.41) is 9.53. The number of hydrogen-bond donors (Lipinski definition) is 2. The standard InChI is InChI=1S/C14H23N3O.3ClH/c15-10-14(18)12-17-8-6-16(7-9-17)11-13-4-2-1-3-5-13;;;/h1-5,14,18H,6-12,15H2;3*1H. The smallest absolute Gasteiger partial charge is 0.0789 e. The number of benzene rings is 1. The molecule has 4 nitrogen and oxygen atoms in total. The van der Waals surface area contributed by atoms with Gasteiger partial charge in [0.25, 0.3) is 0 Å². The Hall–Kier alpha value is -0.0700. The molecule has 0 saturated carbocycles. The van der Waals surface area contributed by atoms with Crippen molar-refractivity contribution in [3.05, 3.63) is 35.9 Å². The van der Waals surface area contributed by atoms with E-state index in [1.54, 1.807) is 0 Å². The molecule has 0 spiro atoms. The molecule has 1 fully saturated rings. The van der Waals surface area contributed by atoms with Gasteiger partial charge in [0.05, 0.1) is 6.10 Å². The zero-order valence-corrected chi connectivity index (χ0v) is 14.5. The van der Waals surface area contributed by atoms with Crippen LogP contribution < -0.4 is 5.73 Å². The fourth-order valence-corrected chi connectivity index (χ4v) is 2.34. The number of nitrogens with zero attached hydrogens (tertiary/aromatic N) is 2. The first kappa shape index (κ1) is 23.2. The van der Waals surface area contributed by atoms with E-state index in [1.807, 2.05) is 0 Å². The Kier molecular flexibility index (Phi) is 13.8. The molecule has 2 rings (SSSR count). The van der Waals surface area contributed by atoms with Gasteiger partial charge in [0.15, 0.2) is 0 Å². The Bertz CT molecular complexity index is 349. The van der Waals surface area contributed by atoms with Crippen molar-refractivity contribution in [1.82, 2.24) is 9.80 Å². The molecule has 1 aromatic rings. The molecule has 21 heavy (non-hydrogen) atoms. The van der Waals surface area contributed by atoms with Gasteiger partial charge in [-0.15, -0.1) is 37.2 Å². The van der Waals surface area contributed by atoms with Crippen LogP contribution in [0.1, 0.15) is 5.56 Å². The van der Waals surface area contributed by atoms with Gasteiger partial charge >= 0.3 is 0 Å². The molecular weight excluding hydrogens is 333 g/mol. The van der Waals surface area contributed by atoms with Crippen molar-refractivity contribution in [3.8, 4) is 0 Å².